The van der Waals surface area contributed by atoms with Gasteiger partial charge in [0, 0.05) is 22.6 Å². The van der Waals surface area contributed by atoms with E-state index in [2.05, 4.69) is 17.1 Å². The van der Waals surface area contributed by atoms with E-state index in [1.807, 2.05) is 19.1 Å². The predicted molar refractivity (Wildman–Crippen MR) is 77.9 cm³/mol. The molecule has 0 aliphatic heterocycles. The molecule has 19 heavy (non-hydrogen) atoms. The van der Waals surface area contributed by atoms with Gasteiger partial charge in [-0.1, -0.05) is 18.5 Å². The molecule has 2 heterocycles. The van der Waals surface area contributed by atoms with Crippen LogP contribution in [0.3, 0.4) is 0 Å². The molecule has 0 aliphatic carbocycles. The van der Waals surface area contributed by atoms with Crippen LogP contribution in [0.1, 0.15) is 19.0 Å². The fraction of sp³-hybridized carbons (Fsp3) is 0.286. The Hall–Kier alpha value is -1.81. The lowest BCUT2D eigenvalue weighted by Gasteiger charge is -2.10. The highest BCUT2D eigenvalue weighted by atomic mass is 35.5. The Kier molecular flexibility index (Phi) is 2.82. The van der Waals surface area contributed by atoms with Crippen molar-refractivity contribution in [2.45, 2.75) is 26.8 Å². The van der Waals surface area contributed by atoms with E-state index < -0.39 is 0 Å². The van der Waals surface area contributed by atoms with E-state index >= 15 is 0 Å². The minimum Gasteiger partial charge on any atom is -0.308 e. The van der Waals surface area contributed by atoms with Gasteiger partial charge in [0.25, 0.3) is 5.56 Å². The number of benzene rings is 1. The number of aromatic amines is 1. The van der Waals surface area contributed by atoms with E-state index in [-0.39, 0.29) is 5.56 Å². The average Bonchev–Trinajstić information content (AvgIpc) is 2.77. The molecule has 5 heteroatoms. The van der Waals surface area contributed by atoms with Crippen LogP contribution in [0.15, 0.2) is 23.0 Å². The lowest BCUT2D eigenvalue weighted by molar-refractivity contribution is 0.682. The number of H-pyrrole nitrogens is 1. The van der Waals surface area contributed by atoms with E-state index in [0.29, 0.717) is 22.5 Å². The third-order valence-corrected chi connectivity index (χ3v) is 3.59. The zero-order valence-electron chi connectivity index (χ0n) is 10.8. The molecule has 0 fully saturated rings. The topological polar surface area (TPSA) is 50.7 Å². The molecule has 98 valence electrons. The Balaban J connectivity index is 2.59. The summed E-state index contributed by atoms with van der Waals surface area (Å²) in [6.45, 7) is 4.61. The predicted octanol–water partition coefficient (Wildman–Crippen LogP) is 3.25. The largest absolute Gasteiger partial charge is 0.308 e. The van der Waals surface area contributed by atoms with Crippen LogP contribution in [-0.2, 0) is 6.54 Å². The van der Waals surface area contributed by atoms with Crippen LogP contribution < -0.4 is 5.56 Å². The summed E-state index contributed by atoms with van der Waals surface area (Å²) in [6.07, 6.45) is 0.903. The van der Waals surface area contributed by atoms with Crippen molar-refractivity contribution in [3.8, 4) is 0 Å². The molecule has 1 N–H and O–H groups in total. The molecule has 1 aromatic carbocycles. The Morgan fingerprint density at radius 2 is 2.21 bits per heavy atom. The molecule has 0 radical (unpaired) electrons. The first-order valence-corrected chi connectivity index (χ1v) is 6.68. The van der Waals surface area contributed by atoms with Crippen molar-refractivity contribution in [3.63, 3.8) is 0 Å². The van der Waals surface area contributed by atoms with Crippen molar-refractivity contribution < 1.29 is 0 Å². The van der Waals surface area contributed by atoms with Gasteiger partial charge in [-0.25, -0.2) is 0 Å². The van der Waals surface area contributed by atoms with Crippen LogP contribution in [-0.4, -0.2) is 14.8 Å². The number of hydrogen-bond acceptors (Lipinski definition) is 2. The normalized spacial score (nSPS) is 11.5. The van der Waals surface area contributed by atoms with Gasteiger partial charge in [0.1, 0.15) is 5.52 Å². The lowest BCUT2D eigenvalue weighted by atomic mass is 10.1. The van der Waals surface area contributed by atoms with Crippen molar-refractivity contribution in [1.29, 1.82) is 0 Å². The second-order valence-corrected chi connectivity index (χ2v) is 5.13. The SMILES string of the molecule is CCCn1c(=O)c2c(C)[nH]nc2c2cc(Cl)ccc21. The molecule has 0 atom stereocenters. The minimum atomic E-state index is 0.0120. The fourth-order valence-electron chi connectivity index (χ4n) is 2.51. The molecule has 3 aromatic rings. The van der Waals surface area contributed by atoms with Gasteiger partial charge >= 0.3 is 0 Å². The number of rotatable bonds is 2. The van der Waals surface area contributed by atoms with Crippen LogP contribution in [0.4, 0.5) is 0 Å². The summed E-state index contributed by atoms with van der Waals surface area (Å²) < 4.78 is 1.80. The Morgan fingerprint density at radius 1 is 1.42 bits per heavy atom. The summed E-state index contributed by atoms with van der Waals surface area (Å²) in [5.41, 5.74) is 2.40. The molecular formula is C14H14ClN3O. The van der Waals surface area contributed by atoms with E-state index in [9.17, 15) is 4.79 Å². The number of aromatic nitrogens is 3. The van der Waals surface area contributed by atoms with Gasteiger partial charge in [0.15, 0.2) is 0 Å². The van der Waals surface area contributed by atoms with Gasteiger partial charge in [0.05, 0.1) is 10.9 Å². The third-order valence-electron chi connectivity index (χ3n) is 3.36. The smallest absolute Gasteiger partial charge is 0.262 e. The van der Waals surface area contributed by atoms with Gasteiger partial charge in [-0.2, -0.15) is 5.10 Å². The van der Waals surface area contributed by atoms with Crippen LogP contribution in [0.25, 0.3) is 21.8 Å². The highest BCUT2D eigenvalue weighted by Crippen LogP contribution is 2.25. The Morgan fingerprint density at radius 3 is 2.95 bits per heavy atom. The second-order valence-electron chi connectivity index (χ2n) is 4.69. The van der Waals surface area contributed by atoms with E-state index in [1.54, 1.807) is 10.6 Å². The molecule has 0 spiro atoms. The standard InChI is InChI=1S/C14H14ClN3O/c1-3-6-18-11-5-4-9(15)7-10(11)13-12(14(18)19)8(2)16-17-13/h4-5,7H,3,6H2,1-2H3,(H,16,17). The highest BCUT2D eigenvalue weighted by molar-refractivity contribution is 6.31. The minimum absolute atomic E-state index is 0.0120. The quantitative estimate of drug-likeness (QED) is 0.780. The number of fused-ring (bicyclic) bond motifs is 3. The summed E-state index contributed by atoms with van der Waals surface area (Å²) in [4.78, 5) is 12.6. The Bertz CT molecular complexity index is 832. The number of nitrogens with one attached hydrogen (secondary N) is 1. The first kappa shape index (κ1) is 12.2. The summed E-state index contributed by atoms with van der Waals surface area (Å²) in [7, 11) is 0. The van der Waals surface area contributed by atoms with Crippen molar-refractivity contribution in [1.82, 2.24) is 14.8 Å². The van der Waals surface area contributed by atoms with Crippen molar-refractivity contribution >= 4 is 33.4 Å². The fourth-order valence-corrected chi connectivity index (χ4v) is 2.68. The van der Waals surface area contributed by atoms with Gasteiger partial charge in [-0.15, -0.1) is 0 Å². The molecule has 2 aromatic heterocycles. The van der Waals surface area contributed by atoms with Crippen molar-refractivity contribution in [2.24, 2.45) is 0 Å². The number of pyridine rings is 1. The molecular weight excluding hydrogens is 262 g/mol. The zero-order chi connectivity index (χ0) is 13.6. The van der Waals surface area contributed by atoms with Crippen LogP contribution in [0.5, 0.6) is 0 Å². The number of aryl methyl sites for hydroxylation is 2. The second kappa shape index (κ2) is 4.38. The lowest BCUT2D eigenvalue weighted by Crippen LogP contribution is -2.20. The molecule has 0 aliphatic rings. The summed E-state index contributed by atoms with van der Waals surface area (Å²) in [6, 6.07) is 5.56. The van der Waals surface area contributed by atoms with Crippen molar-refractivity contribution in [3.05, 3.63) is 39.3 Å². The number of hydrogen-bond donors (Lipinski definition) is 1. The van der Waals surface area contributed by atoms with Gasteiger partial charge in [0.2, 0.25) is 0 Å². The van der Waals surface area contributed by atoms with Crippen LogP contribution in [0.2, 0.25) is 5.02 Å². The number of halogens is 1. The van der Waals surface area contributed by atoms with E-state index in [0.717, 1.165) is 23.0 Å². The summed E-state index contributed by atoms with van der Waals surface area (Å²) >= 11 is 6.07. The monoisotopic (exact) mass is 275 g/mol. The maximum Gasteiger partial charge on any atom is 0.262 e. The molecule has 4 nitrogen and oxygen atoms in total. The number of nitrogens with zero attached hydrogens (tertiary/aromatic N) is 2. The molecule has 0 saturated carbocycles. The molecule has 0 unspecified atom stereocenters. The molecule has 0 amide bonds. The van der Waals surface area contributed by atoms with Gasteiger partial charge in [-0.3, -0.25) is 9.89 Å². The molecule has 0 saturated heterocycles. The maximum atomic E-state index is 12.6. The first-order valence-electron chi connectivity index (χ1n) is 6.30. The molecule has 3 rings (SSSR count). The van der Waals surface area contributed by atoms with Gasteiger partial charge in [-0.05, 0) is 31.5 Å². The van der Waals surface area contributed by atoms with Crippen LogP contribution in [0, 0.1) is 6.92 Å². The molecule has 0 bridgehead atoms. The van der Waals surface area contributed by atoms with Crippen LogP contribution >= 0.6 is 11.6 Å². The zero-order valence-corrected chi connectivity index (χ0v) is 11.6. The summed E-state index contributed by atoms with van der Waals surface area (Å²) in [5.74, 6) is 0. The van der Waals surface area contributed by atoms with Gasteiger partial charge < -0.3 is 4.57 Å². The van der Waals surface area contributed by atoms with E-state index in [1.165, 1.54) is 0 Å². The third kappa shape index (κ3) is 1.75. The highest BCUT2D eigenvalue weighted by Gasteiger charge is 2.14. The average molecular weight is 276 g/mol. The Labute approximate surface area is 115 Å². The summed E-state index contributed by atoms with van der Waals surface area (Å²) in [5, 5.41) is 9.37. The maximum absolute atomic E-state index is 12.6. The first-order chi connectivity index (χ1) is 9.13. The van der Waals surface area contributed by atoms with E-state index in [4.69, 9.17) is 11.6 Å². The van der Waals surface area contributed by atoms with Crippen molar-refractivity contribution in [2.75, 3.05) is 0 Å².